The first-order valence-electron chi connectivity index (χ1n) is 9.84. The van der Waals surface area contributed by atoms with Gasteiger partial charge in [0.05, 0.1) is 25.5 Å². The van der Waals surface area contributed by atoms with Crippen molar-refractivity contribution in [3.05, 3.63) is 48.8 Å². The number of pyridine rings is 2. The molecule has 0 spiro atoms. The maximum atomic E-state index is 12.7. The van der Waals surface area contributed by atoms with Gasteiger partial charge in [-0.25, -0.2) is 9.97 Å². The largest absolute Gasteiger partial charge is 0.330 e. The summed E-state index contributed by atoms with van der Waals surface area (Å²) >= 11 is 0. The van der Waals surface area contributed by atoms with E-state index < -0.39 is 0 Å². The topological polar surface area (TPSA) is 59.5 Å². The minimum absolute atomic E-state index is 0.293. The van der Waals surface area contributed by atoms with Crippen molar-refractivity contribution in [3.8, 4) is 0 Å². The molecular weight excluding hydrogens is 340 g/mol. The number of hydrogen-bond acceptors (Lipinski definition) is 3. The molecule has 1 amide bonds. The van der Waals surface area contributed by atoms with Crippen molar-refractivity contribution >= 4 is 17.5 Å². The van der Waals surface area contributed by atoms with E-state index in [9.17, 15) is 4.79 Å². The number of carbonyl (C=O) groups is 1. The van der Waals surface area contributed by atoms with E-state index in [0.717, 1.165) is 64.0 Å². The van der Waals surface area contributed by atoms with E-state index in [4.69, 9.17) is 0 Å². The van der Waals surface area contributed by atoms with E-state index in [-0.39, 0.29) is 0 Å². The summed E-state index contributed by atoms with van der Waals surface area (Å²) in [5.74, 6) is 2.59. The molecule has 2 fully saturated rings. The number of hydrogen-bond donors (Lipinski definition) is 1. The van der Waals surface area contributed by atoms with Gasteiger partial charge in [-0.1, -0.05) is 12.1 Å². The van der Waals surface area contributed by atoms with Gasteiger partial charge < -0.3 is 9.80 Å². The third kappa shape index (κ3) is 4.36. The van der Waals surface area contributed by atoms with Crippen molar-refractivity contribution in [2.75, 3.05) is 68.7 Å². The van der Waals surface area contributed by atoms with Gasteiger partial charge in [-0.05, 0) is 12.1 Å². The summed E-state index contributed by atoms with van der Waals surface area (Å²) in [4.78, 5) is 27.4. The Labute approximate surface area is 160 Å². The van der Waals surface area contributed by atoms with Crippen LogP contribution in [0.5, 0.6) is 0 Å². The number of amides is 1. The minimum atomic E-state index is 0.293. The number of piperazine rings is 2. The Kier molecular flexibility index (Phi) is 5.48. The van der Waals surface area contributed by atoms with Crippen molar-refractivity contribution in [2.45, 2.75) is 0 Å². The van der Waals surface area contributed by atoms with Crippen LogP contribution in [0, 0.1) is 0 Å². The van der Waals surface area contributed by atoms with Gasteiger partial charge in [0.2, 0.25) is 0 Å². The van der Waals surface area contributed by atoms with Crippen LogP contribution in [0.25, 0.3) is 0 Å². The van der Waals surface area contributed by atoms with Crippen molar-refractivity contribution < 1.29 is 19.7 Å². The smallest absolute Gasteiger partial charge is 0.278 e. The van der Waals surface area contributed by atoms with Crippen LogP contribution in [0.3, 0.4) is 0 Å². The molecule has 3 N–H and O–H groups in total. The number of H-pyrrole nitrogens is 2. The summed E-state index contributed by atoms with van der Waals surface area (Å²) in [7, 11) is 0. The Hall–Kier alpha value is -2.67. The second-order valence-electron chi connectivity index (χ2n) is 7.28. The zero-order valence-corrected chi connectivity index (χ0v) is 15.7. The maximum Gasteiger partial charge on any atom is 0.278 e. The van der Waals surface area contributed by atoms with Crippen LogP contribution in [0.1, 0.15) is 0 Å². The minimum Gasteiger partial charge on any atom is -0.330 e. The van der Waals surface area contributed by atoms with Crippen molar-refractivity contribution in [2.24, 2.45) is 0 Å². The number of carbonyl (C=O) groups excluding carboxylic acids is 1. The van der Waals surface area contributed by atoms with Crippen LogP contribution in [0.15, 0.2) is 48.8 Å². The van der Waals surface area contributed by atoms with Gasteiger partial charge in [0.1, 0.15) is 39.3 Å². The Morgan fingerprint density at radius 1 is 0.815 bits per heavy atom. The molecular formula is C20H29N6O+3. The van der Waals surface area contributed by atoms with Crippen LogP contribution >= 0.6 is 0 Å². The van der Waals surface area contributed by atoms with E-state index in [0.29, 0.717) is 12.5 Å². The standard InChI is InChI=1S/C20H26N6O/c27-20(26-15-13-25(14-16-26)19-6-2-4-8-22-19)17-23-9-11-24(12-10-23)18-5-1-3-7-21-18/h1-8H,9-17H2/p+3. The summed E-state index contributed by atoms with van der Waals surface area (Å²) in [6.07, 6.45) is 3.91. The summed E-state index contributed by atoms with van der Waals surface area (Å²) in [6.45, 7) is 7.99. The average Bonchev–Trinajstić information content (AvgIpc) is 2.76. The lowest BCUT2D eigenvalue weighted by Crippen LogP contribution is -3.16. The molecule has 27 heavy (non-hydrogen) atoms. The summed E-state index contributed by atoms with van der Waals surface area (Å²) in [5, 5.41) is 0. The first kappa shape index (κ1) is 17.7. The molecule has 4 heterocycles. The van der Waals surface area contributed by atoms with Gasteiger partial charge in [0.15, 0.2) is 6.54 Å². The fraction of sp³-hybridized carbons (Fsp3) is 0.450. The highest BCUT2D eigenvalue weighted by molar-refractivity contribution is 5.77. The Morgan fingerprint density at radius 2 is 1.37 bits per heavy atom. The Balaban J connectivity index is 1.22. The molecule has 0 aromatic carbocycles. The molecule has 4 rings (SSSR count). The van der Waals surface area contributed by atoms with Crippen molar-refractivity contribution in [1.82, 2.24) is 4.90 Å². The molecule has 0 atom stereocenters. The predicted octanol–water partition coefficient (Wildman–Crippen LogP) is -1.63. The highest BCUT2D eigenvalue weighted by atomic mass is 16.2. The molecule has 2 saturated heterocycles. The number of quaternary nitrogens is 1. The lowest BCUT2D eigenvalue weighted by molar-refractivity contribution is -0.892. The zero-order valence-electron chi connectivity index (χ0n) is 15.7. The van der Waals surface area contributed by atoms with Gasteiger partial charge in [0.25, 0.3) is 17.5 Å². The third-order valence-electron chi connectivity index (χ3n) is 5.57. The van der Waals surface area contributed by atoms with E-state index in [1.54, 1.807) is 0 Å². The van der Waals surface area contributed by atoms with Crippen LogP contribution in [-0.4, -0.2) is 69.7 Å². The van der Waals surface area contributed by atoms with E-state index in [1.165, 1.54) is 4.90 Å². The molecule has 0 bridgehead atoms. The van der Waals surface area contributed by atoms with E-state index >= 15 is 0 Å². The Bertz CT molecular complexity index is 725. The van der Waals surface area contributed by atoms with Crippen LogP contribution in [0.4, 0.5) is 11.6 Å². The maximum absolute atomic E-state index is 12.7. The zero-order chi connectivity index (χ0) is 18.5. The number of rotatable bonds is 4. The van der Waals surface area contributed by atoms with Gasteiger partial charge in [-0.3, -0.25) is 14.6 Å². The first-order chi connectivity index (χ1) is 13.3. The number of aromatic amines is 2. The molecule has 7 nitrogen and oxygen atoms in total. The van der Waals surface area contributed by atoms with Gasteiger partial charge in [-0.2, -0.15) is 0 Å². The summed E-state index contributed by atoms with van der Waals surface area (Å²) in [5.41, 5.74) is 0. The van der Waals surface area contributed by atoms with Crippen LogP contribution in [0.2, 0.25) is 0 Å². The Morgan fingerprint density at radius 3 is 1.89 bits per heavy atom. The monoisotopic (exact) mass is 369 g/mol. The highest BCUT2D eigenvalue weighted by Gasteiger charge is 2.31. The fourth-order valence-electron chi connectivity index (χ4n) is 3.92. The van der Waals surface area contributed by atoms with Crippen molar-refractivity contribution in [3.63, 3.8) is 0 Å². The normalized spacial score (nSPS) is 18.6. The fourth-order valence-corrected chi connectivity index (χ4v) is 3.92. The molecule has 0 aliphatic carbocycles. The number of anilines is 2. The van der Waals surface area contributed by atoms with Crippen LogP contribution in [-0.2, 0) is 4.79 Å². The van der Waals surface area contributed by atoms with Gasteiger partial charge in [-0.15, -0.1) is 0 Å². The second-order valence-corrected chi connectivity index (χ2v) is 7.28. The molecule has 0 radical (unpaired) electrons. The molecule has 7 heteroatoms. The van der Waals surface area contributed by atoms with Crippen molar-refractivity contribution in [1.29, 1.82) is 0 Å². The quantitative estimate of drug-likeness (QED) is 0.704. The predicted molar refractivity (Wildman–Crippen MR) is 103 cm³/mol. The summed E-state index contributed by atoms with van der Waals surface area (Å²) < 4.78 is 0. The summed E-state index contributed by atoms with van der Waals surface area (Å²) in [6, 6.07) is 12.3. The molecule has 2 aliphatic rings. The molecule has 2 aromatic heterocycles. The molecule has 142 valence electrons. The van der Waals surface area contributed by atoms with Crippen LogP contribution < -0.4 is 24.7 Å². The first-order valence-corrected chi connectivity index (χ1v) is 9.84. The van der Waals surface area contributed by atoms with Gasteiger partial charge >= 0.3 is 0 Å². The number of nitrogens with one attached hydrogen (secondary N) is 3. The number of aromatic nitrogens is 2. The molecule has 2 aliphatic heterocycles. The molecule has 0 unspecified atom stereocenters. The highest BCUT2D eigenvalue weighted by Crippen LogP contribution is 2.10. The molecule has 2 aromatic rings. The third-order valence-corrected chi connectivity index (χ3v) is 5.57. The second kappa shape index (κ2) is 8.35. The van der Waals surface area contributed by atoms with E-state index in [2.05, 4.69) is 38.0 Å². The SMILES string of the molecule is O=C(C[NH+]1CCN(c2cccc[nH+]2)CC1)N1CCN(c2cccc[nH+]2)CC1. The number of nitrogens with zero attached hydrogens (tertiary/aromatic N) is 3. The lowest BCUT2D eigenvalue weighted by Gasteiger charge is -2.33. The molecule has 0 saturated carbocycles. The lowest BCUT2D eigenvalue weighted by atomic mass is 10.2. The van der Waals surface area contributed by atoms with E-state index in [1.807, 2.05) is 35.5 Å². The van der Waals surface area contributed by atoms with Gasteiger partial charge in [0, 0.05) is 12.1 Å². The average molecular weight is 369 g/mol.